The van der Waals surface area contributed by atoms with Gasteiger partial charge in [-0.3, -0.25) is 0 Å². The molecule has 0 N–H and O–H groups in total. The zero-order valence-corrected chi connectivity index (χ0v) is 14.5. The van der Waals surface area contributed by atoms with E-state index in [1.165, 1.54) is 0 Å². The second kappa shape index (κ2) is 6.37. The first kappa shape index (κ1) is 14.3. The molecule has 0 aliphatic carbocycles. The number of pyridine rings is 1. The maximum absolute atomic E-state index is 5.82. The SMILES string of the molecule is Clc1cc(COc2c(Br)cc(Br)cc2Br)ccn1. The lowest BCUT2D eigenvalue weighted by Gasteiger charge is -2.11. The Morgan fingerprint density at radius 2 is 1.78 bits per heavy atom. The Labute approximate surface area is 135 Å². The summed E-state index contributed by atoms with van der Waals surface area (Å²) in [7, 11) is 0. The Kier molecular flexibility index (Phi) is 5.06. The average Bonchev–Trinajstić information content (AvgIpc) is 2.27. The second-order valence-corrected chi connectivity index (χ2v) is 6.49. The Balaban J connectivity index is 2.16. The Hall–Kier alpha value is -0.100. The van der Waals surface area contributed by atoms with Crippen LogP contribution in [0.5, 0.6) is 5.75 Å². The predicted octanol–water partition coefficient (Wildman–Crippen LogP) is 5.60. The molecule has 18 heavy (non-hydrogen) atoms. The van der Waals surface area contributed by atoms with Gasteiger partial charge in [-0.15, -0.1) is 0 Å². The average molecular weight is 456 g/mol. The number of aromatic nitrogens is 1. The van der Waals surface area contributed by atoms with Crippen LogP contribution < -0.4 is 4.74 Å². The zero-order chi connectivity index (χ0) is 13.1. The van der Waals surface area contributed by atoms with E-state index in [9.17, 15) is 0 Å². The van der Waals surface area contributed by atoms with Crippen molar-refractivity contribution in [2.24, 2.45) is 0 Å². The first-order valence-corrected chi connectivity index (χ1v) is 7.70. The van der Waals surface area contributed by atoms with E-state index in [1.54, 1.807) is 12.3 Å². The molecule has 1 heterocycles. The van der Waals surface area contributed by atoms with Crippen molar-refractivity contribution in [1.82, 2.24) is 4.98 Å². The molecule has 0 amide bonds. The highest BCUT2D eigenvalue weighted by Gasteiger charge is 2.08. The van der Waals surface area contributed by atoms with E-state index in [1.807, 2.05) is 18.2 Å². The third-order valence-corrected chi connectivity index (χ3v) is 3.98. The van der Waals surface area contributed by atoms with Crippen molar-refractivity contribution >= 4 is 59.4 Å². The summed E-state index contributed by atoms with van der Waals surface area (Å²) in [6.45, 7) is 0.432. The van der Waals surface area contributed by atoms with Crippen molar-refractivity contribution in [1.29, 1.82) is 0 Å². The van der Waals surface area contributed by atoms with Crippen molar-refractivity contribution in [2.45, 2.75) is 6.61 Å². The van der Waals surface area contributed by atoms with Crippen LogP contribution in [0.1, 0.15) is 5.56 Å². The van der Waals surface area contributed by atoms with Crippen LogP contribution in [0.15, 0.2) is 43.9 Å². The molecule has 1 aromatic heterocycles. The lowest BCUT2D eigenvalue weighted by atomic mass is 10.3. The van der Waals surface area contributed by atoms with Crippen LogP contribution >= 0.6 is 59.4 Å². The first-order valence-electron chi connectivity index (χ1n) is 4.94. The van der Waals surface area contributed by atoms with E-state index in [0.29, 0.717) is 11.8 Å². The monoisotopic (exact) mass is 453 g/mol. The topological polar surface area (TPSA) is 22.1 Å². The molecule has 0 radical (unpaired) electrons. The molecule has 0 bridgehead atoms. The molecule has 1 aromatic carbocycles. The smallest absolute Gasteiger partial charge is 0.148 e. The number of nitrogens with zero attached hydrogens (tertiary/aromatic N) is 1. The van der Waals surface area contributed by atoms with Gasteiger partial charge in [-0.25, -0.2) is 4.98 Å². The Morgan fingerprint density at radius 3 is 2.39 bits per heavy atom. The van der Waals surface area contributed by atoms with Crippen LogP contribution in [0, 0.1) is 0 Å². The molecule has 0 saturated heterocycles. The molecule has 0 atom stereocenters. The fourth-order valence-electron chi connectivity index (χ4n) is 1.35. The Bertz CT molecular complexity index is 554. The van der Waals surface area contributed by atoms with Crippen molar-refractivity contribution in [3.8, 4) is 5.75 Å². The van der Waals surface area contributed by atoms with Gasteiger partial charge in [0.1, 0.15) is 17.5 Å². The van der Waals surface area contributed by atoms with Gasteiger partial charge < -0.3 is 4.74 Å². The fourth-order valence-corrected chi connectivity index (χ4v) is 4.04. The van der Waals surface area contributed by atoms with Gasteiger partial charge in [-0.05, 0) is 61.7 Å². The van der Waals surface area contributed by atoms with Crippen LogP contribution in [-0.2, 0) is 6.61 Å². The summed E-state index contributed by atoms with van der Waals surface area (Å²) in [5, 5.41) is 0.463. The normalized spacial score (nSPS) is 10.4. The van der Waals surface area contributed by atoms with E-state index in [2.05, 4.69) is 52.8 Å². The van der Waals surface area contributed by atoms with Crippen molar-refractivity contribution < 1.29 is 4.74 Å². The van der Waals surface area contributed by atoms with Gasteiger partial charge in [-0.2, -0.15) is 0 Å². The van der Waals surface area contributed by atoms with Gasteiger partial charge in [0.25, 0.3) is 0 Å². The summed E-state index contributed by atoms with van der Waals surface area (Å²) in [6, 6.07) is 7.51. The molecule has 0 aliphatic heterocycles. The number of hydrogen-bond acceptors (Lipinski definition) is 2. The first-order chi connectivity index (χ1) is 8.56. The highest BCUT2D eigenvalue weighted by Crippen LogP contribution is 2.36. The molecule has 2 aromatic rings. The number of hydrogen-bond donors (Lipinski definition) is 0. The zero-order valence-electron chi connectivity index (χ0n) is 8.96. The number of benzene rings is 1. The molecule has 0 saturated carbocycles. The molecule has 6 heteroatoms. The van der Waals surface area contributed by atoms with Gasteiger partial charge in [0.05, 0.1) is 8.95 Å². The maximum atomic E-state index is 5.82. The molecule has 0 spiro atoms. The standard InChI is InChI=1S/C12H7Br3ClNO/c13-8-4-9(14)12(10(15)5-8)18-6-7-1-2-17-11(16)3-7/h1-5H,6H2. The molecule has 94 valence electrons. The van der Waals surface area contributed by atoms with Crippen molar-refractivity contribution in [3.63, 3.8) is 0 Å². The molecule has 0 aliphatic rings. The van der Waals surface area contributed by atoms with Crippen LogP contribution in [0.3, 0.4) is 0 Å². The van der Waals surface area contributed by atoms with Gasteiger partial charge in [-0.1, -0.05) is 27.5 Å². The molecular weight excluding hydrogens is 449 g/mol. The van der Waals surface area contributed by atoms with Gasteiger partial charge in [0, 0.05) is 10.7 Å². The lowest BCUT2D eigenvalue weighted by Crippen LogP contribution is -1.97. The van der Waals surface area contributed by atoms with Gasteiger partial charge in [0.15, 0.2) is 0 Å². The molecular formula is C12H7Br3ClNO. The van der Waals surface area contributed by atoms with E-state index < -0.39 is 0 Å². The van der Waals surface area contributed by atoms with E-state index in [-0.39, 0.29) is 0 Å². The van der Waals surface area contributed by atoms with Crippen molar-refractivity contribution in [3.05, 3.63) is 54.6 Å². The summed E-state index contributed by atoms with van der Waals surface area (Å²) in [5.74, 6) is 0.756. The summed E-state index contributed by atoms with van der Waals surface area (Å²) in [4.78, 5) is 3.93. The summed E-state index contributed by atoms with van der Waals surface area (Å²) in [6.07, 6.45) is 1.66. The second-order valence-electron chi connectivity index (χ2n) is 3.47. The van der Waals surface area contributed by atoms with Crippen LogP contribution in [0.2, 0.25) is 5.15 Å². The van der Waals surface area contributed by atoms with Crippen molar-refractivity contribution in [2.75, 3.05) is 0 Å². The van der Waals surface area contributed by atoms with Crippen LogP contribution in [-0.4, -0.2) is 4.98 Å². The fraction of sp³-hybridized carbons (Fsp3) is 0.0833. The molecule has 2 rings (SSSR count). The minimum Gasteiger partial charge on any atom is -0.487 e. The minimum atomic E-state index is 0.432. The number of rotatable bonds is 3. The molecule has 0 fully saturated rings. The highest BCUT2D eigenvalue weighted by atomic mass is 79.9. The van der Waals surface area contributed by atoms with E-state index in [0.717, 1.165) is 24.7 Å². The van der Waals surface area contributed by atoms with Gasteiger partial charge in [0.2, 0.25) is 0 Å². The van der Waals surface area contributed by atoms with Gasteiger partial charge >= 0.3 is 0 Å². The quantitative estimate of drug-likeness (QED) is 0.561. The minimum absolute atomic E-state index is 0.432. The maximum Gasteiger partial charge on any atom is 0.148 e. The Morgan fingerprint density at radius 1 is 1.11 bits per heavy atom. The third-order valence-electron chi connectivity index (χ3n) is 2.14. The summed E-state index contributed by atoms with van der Waals surface area (Å²) < 4.78 is 8.49. The van der Waals surface area contributed by atoms with E-state index in [4.69, 9.17) is 16.3 Å². The van der Waals surface area contributed by atoms with E-state index >= 15 is 0 Å². The number of ether oxygens (including phenoxy) is 1. The van der Waals surface area contributed by atoms with Crippen LogP contribution in [0.4, 0.5) is 0 Å². The molecule has 0 unspecified atom stereocenters. The highest BCUT2D eigenvalue weighted by molar-refractivity contribution is 9.11. The van der Waals surface area contributed by atoms with Crippen LogP contribution in [0.25, 0.3) is 0 Å². The predicted molar refractivity (Wildman–Crippen MR) is 83.1 cm³/mol. The lowest BCUT2D eigenvalue weighted by molar-refractivity contribution is 0.302. The largest absolute Gasteiger partial charge is 0.487 e. The third kappa shape index (κ3) is 3.70. The number of halogens is 4. The summed E-state index contributed by atoms with van der Waals surface area (Å²) in [5.41, 5.74) is 0.969. The summed E-state index contributed by atoms with van der Waals surface area (Å²) >= 11 is 16.2. The molecule has 2 nitrogen and oxygen atoms in total.